The number of anilines is 1. The van der Waals surface area contributed by atoms with E-state index in [1.165, 1.54) is 0 Å². The molecule has 3 saturated heterocycles. The van der Waals surface area contributed by atoms with Gasteiger partial charge in [0.2, 0.25) is 5.78 Å². The average molecular weight is 333 g/mol. The van der Waals surface area contributed by atoms with Crippen molar-refractivity contribution in [3.63, 3.8) is 0 Å². The standard InChI is InChI=1S/C18H23NO5/c1-16(2)19(12-8-6-5-7-9-12)11-18(24-16)15(20)14-13(10-21-18)22-17(3,4)23-14/h5-9,13-14H,10-11H2,1-4H3/t13-,14-,18+/m1/s1. The summed E-state index contributed by atoms with van der Waals surface area (Å²) in [4.78, 5) is 15.1. The average Bonchev–Trinajstić information content (AvgIpc) is 2.98. The van der Waals surface area contributed by atoms with Gasteiger partial charge in [0.1, 0.15) is 11.8 Å². The molecule has 1 aromatic carbocycles. The van der Waals surface area contributed by atoms with Crippen molar-refractivity contribution in [1.29, 1.82) is 0 Å². The molecule has 0 amide bonds. The van der Waals surface area contributed by atoms with Gasteiger partial charge in [-0.2, -0.15) is 0 Å². The number of nitrogens with zero attached hydrogens (tertiary/aromatic N) is 1. The number of carbonyl (C=O) groups excluding carboxylic acids is 1. The van der Waals surface area contributed by atoms with Crippen LogP contribution in [-0.4, -0.2) is 48.4 Å². The third-order valence-corrected chi connectivity index (χ3v) is 4.80. The lowest BCUT2D eigenvalue weighted by Gasteiger charge is -2.35. The summed E-state index contributed by atoms with van der Waals surface area (Å²) in [6.07, 6.45) is -1.03. The fraction of sp³-hybridized carbons (Fsp3) is 0.611. The van der Waals surface area contributed by atoms with Crippen LogP contribution in [0.2, 0.25) is 0 Å². The second-order valence-corrected chi connectivity index (χ2v) is 7.49. The molecule has 3 atom stereocenters. The summed E-state index contributed by atoms with van der Waals surface area (Å²) in [6, 6.07) is 9.89. The Morgan fingerprint density at radius 2 is 1.79 bits per heavy atom. The molecule has 4 rings (SSSR count). The molecule has 0 bridgehead atoms. The van der Waals surface area contributed by atoms with Crippen LogP contribution in [0.15, 0.2) is 30.3 Å². The highest BCUT2D eigenvalue weighted by atomic mass is 16.8. The van der Waals surface area contributed by atoms with Crippen molar-refractivity contribution < 1.29 is 23.7 Å². The summed E-state index contributed by atoms with van der Waals surface area (Å²) < 4.78 is 23.6. The van der Waals surface area contributed by atoms with Gasteiger partial charge in [-0.15, -0.1) is 0 Å². The number of rotatable bonds is 1. The smallest absolute Gasteiger partial charge is 0.252 e. The second-order valence-electron chi connectivity index (χ2n) is 7.49. The Balaban J connectivity index is 1.64. The van der Waals surface area contributed by atoms with Crippen LogP contribution in [0, 0.1) is 0 Å². The summed E-state index contributed by atoms with van der Waals surface area (Å²) in [7, 11) is 0. The first kappa shape index (κ1) is 16.0. The number of hydrogen-bond donors (Lipinski definition) is 0. The molecule has 3 fully saturated rings. The van der Waals surface area contributed by atoms with Crippen LogP contribution in [0.5, 0.6) is 0 Å². The molecule has 0 radical (unpaired) electrons. The maximum Gasteiger partial charge on any atom is 0.252 e. The Kier molecular flexibility index (Phi) is 3.35. The summed E-state index contributed by atoms with van der Waals surface area (Å²) in [5, 5.41) is 0. The van der Waals surface area contributed by atoms with Crippen LogP contribution in [0.4, 0.5) is 5.69 Å². The van der Waals surface area contributed by atoms with E-state index >= 15 is 0 Å². The van der Waals surface area contributed by atoms with Crippen LogP contribution in [0.1, 0.15) is 27.7 Å². The van der Waals surface area contributed by atoms with E-state index < -0.39 is 23.4 Å². The van der Waals surface area contributed by atoms with E-state index in [0.29, 0.717) is 6.54 Å². The number of ketones is 1. The third-order valence-electron chi connectivity index (χ3n) is 4.80. The molecule has 6 nitrogen and oxygen atoms in total. The number of para-hydroxylation sites is 1. The van der Waals surface area contributed by atoms with Crippen LogP contribution < -0.4 is 4.90 Å². The van der Waals surface area contributed by atoms with Crippen molar-refractivity contribution in [2.45, 2.75) is 57.2 Å². The fourth-order valence-corrected chi connectivity index (χ4v) is 3.79. The van der Waals surface area contributed by atoms with Gasteiger partial charge >= 0.3 is 0 Å². The van der Waals surface area contributed by atoms with Crippen LogP contribution >= 0.6 is 0 Å². The van der Waals surface area contributed by atoms with E-state index in [1.807, 2.05) is 49.1 Å². The van der Waals surface area contributed by atoms with Gasteiger partial charge in [0.15, 0.2) is 11.9 Å². The van der Waals surface area contributed by atoms with Crippen molar-refractivity contribution in [2.75, 3.05) is 18.1 Å². The highest BCUT2D eigenvalue weighted by Gasteiger charge is 2.63. The lowest BCUT2D eigenvalue weighted by molar-refractivity contribution is -0.255. The topological polar surface area (TPSA) is 57.2 Å². The van der Waals surface area contributed by atoms with E-state index in [-0.39, 0.29) is 18.5 Å². The number of Topliss-reactive ketones (excluding diaryl/α,β-unsaturated/α-hetero) is 1. The SMILES string of the molecule is CC1(C)O[C@@H]2CO[C@]3(CN(c4ccccc4)C(C)(C)O3)C(=O)[C@@H]2O1. The predicted octanol–water partition coefficient (Wildman–Crippen LogP) is 2.08. The molecular weight excluding hydrogens is 310 g/mol. The number of benzene rings is 1. The fourth-order valence-electron chi connectivity index (χ4n) is 3.79. The van der Waals surface area contributed by atoms with Gasteiger partial charge in [0.05, 0.1) is 13.2 Å². The van der Waals surface area contributed by atoms with Crippen LogP contribution in [0.3, 0.4) is 0 Å². The Morgan fingerprint density at radius 1 is 1.08 bits per heavy atom. The van der Waals surface area contributed by atoms with Crippen LogP contribution in [0.25, 0.3) is 0 Å². The monoisotopic (exact) mass is 333 g/mol. The van der Waals surface area contributed by atoms with E-state index in [0.717, 1.165) is 5.69 Å². The summed E-state index contributed by atoms with van der Waals surface area (Å²) in [5.74, 6) is -2.30. The molecule has 1 spiro atoms. The molecule has 6 heteroatoms. The molecule has 3 aliphatic rings. The Hall–Kier alpha value is -1.47. The highest BCUT2D eigenvalue weighted by Crippen LogP contribution is 2.44. The highest BCUT2D eigenvalue weighted by molar-refractivity contribution is 5.92. The van der Waals surface area contributed by atoms with Crippen molar-refractivity contribution in [3.05, 3.63) is 30.3 Å². The molecule has 0 saturated carbocycles. The van der Waals surface area contributed by atoms with Crippen molar-refractivity contribution in [3.8, 4) is 0 Å². The van der Waals surface area contributed by atoms with E-state index in [9.17, 15) is 4.79 Å². The van der Waals surface area contributed by atoms with Gasteiger partial charge in [0.25, 0.3) is 5.79 Å². The first-order chi connectivity index (χ1) is 11.2. The summed E-state index contributed by atoms with van der Waals surface area (Å²) >= 11 is 0. The molecule has 0 unspecified atom stereocenters. The zero-order valence-corrected chi connectivity index (χ0v) is 14.4. The number of hydrogen-bond acceptors (Lipinski definition) is 6. The minimum atomic E-state index is -1.32. The largest absolute Gasteiger partial charge is 0.342 e. The first-order valence-electron chi connectivity index (χ1n) is 8.29. The van der Waals surface area contributed by atoms with Gasteiger partial charge < -0.3 is 23.8 Å². The van der Waals surface area contributed by atoms with E-state index in [1.54, 1.807) is 13.8 Å². The summed E-state index contributed by atoms with van der Waals surface area (Å²) in [6.45, 7) is 8.09. The van der Waals surface area contributed by atoms with Crippen LogP contribution in [-0.2, 0) is 23.7 Å². The van der Waals surface area contributed by atoms with Crippen molar-refractivity contribution >= 4 is 11.5 Å². The van der Waals surface area contributed by atoms with Gasteiger partial charge in [-0.05, 0) is 39.8 Å². The van der Waals surface area contributed by atoms with Gasteiger partial charge in [0, 0.05) is 5.69 Å². The zero-order valence-electron chi connectivity index (χ0n) is 14.4. The maximum absolute atomic E-state index is 13.1. The molecule has 1 aromatic rings. The molecule has 24 heavy (non-hydrogen) atoms. The van der Waals surface area contributed by atoms with E-state index in [2.05, 4.69) is 0 Å². The van der Waals surface area contributed by atoms with Crippen molar-refractivity contribution in [1.82, 2.24) is 0 Å². The molecule has 0 aliphatic carbocycles. The number of ether oxygens (including phenoxy) is 4. The molecule has 130 valence electrons. The molecule has 0 N–H and O–H groups in total. The Morgan fingerprint density at radius 3 is 2.50 bits per heavy atom. The van der Waals surface area contributed by atoms with Gasteiger partial charge in [-0.1, -0.05) is 18.2 Å². The number of carbonyl (C=O) groups is 1. The van der Waals surface area contributed by atoms with Crippen molar-refractivity contribution in [2.24, 2.45) is 0 Å². The lowest BCUT2D eigenvalue weighted by Crippen LogP contribution is -2.59. The Bertz CT molecular complexity index is 659. The predicted molar refractivity (Wildman–Crippen MR) is 86.5 cm³/mol. The molecule has 3 heterocycles. The minimum absolute atomic E-state index is 0.198. The third kappa shape index (κ3) is 2.37. The number of fused-ring (bicyclic) bond motifs is 1. The molecular formula is C18H23NO5. The lowest BCUT2D eigenvalue weighted by atomic mass is 9.99. The first-order valence-corrected chi connectivity index (χ1v) is 8.29. The second kappa shape index (κ2) is 5.02. The summed E-state index contributed by atoms with van der Waals surface area (Å²) in [5.41, 5.74) is 0.320. The van der Waals surface area contributed by atoms with E-state index in [4.69, 9.17) is 18.9 Å². The zero-order chi connectivity index (χ0) is 17.2. The normalized spacial score (nSPS) is 37.0. The van der Waals surface area contributed by atoms with Gasteiger partial charge in [-0.25, -0.2) is 0 Å². The maximum atomic E-state index is 13.1. The minimum Gasteiger partial charge on any atom is -0.342 e. The quantitative estimate of drug-likeness (QED) is 0.784. The molecule has 3 aliphatic heterocycles. The molecule has 0 aromatic heterocycles. The Labute approximate surface area is 141 Å². The van der Waals surface area contributed by atoms with Gasteiger partial charge in [-0.3, -0.25) is 4.79 Å².